The summed E-state index contributed by atoms with van der Waals surface area (Å²) in [6.07, 6.45) is 6.81. The Kier molecular flexibility index (Phi) is 8.89. The average Bonchev–Trinajstić information content (AvgIpc) is 3.06. The van der Waals surface area contributed by atoms with Gasteiger partial charge in [-0.05, 0) is 30.9 Å². The van der Waals surface area contributed by atoms with E-state index < -0.39 is 11.9 Å². The van der Waals surface area contributed by atoms with E-state index in [9.17, 15) is 14.0 Å². The van der Waals surface area contributed by atoms with Gasteiger partial charge in [0.2, 0.25) is 11.8 Å². The van der Waals surface area contributed by atoms with Gasteiger partial charge in [-0.25, -0.2) is 4.39 Å². The van der Waals surface area contributed by atoms with Crippen LogP contribution in [0.3, 0.4) is 0 Å². The smallest absolute Gasteiger partial charge is 0.247 e. The van der Waals surface area contributed by atoms with Crippen molar-refractivity contribution in [3.05, 3.63) is 71.5 Å². The molecule has 1 saturated carbocycles. The van der Waals surface area contributed by atoms with Crippen molar-refractivity contribution in [1.29, 1.82) is 0 Å². The lowest BCUT2D eigenvalue weighted by Crippen LogP contribution is -2.48. The lowest BCUT2D eigenvalue weighted by atomic mass is 10.0. The highest BCUT2D eigenvalue weighted by molar-refractivity contribution is 6.27. The van der Waals surface area contributed by atoms with Gasteiger partial charge in [0.05, 0.1) is 0 Å². The predicted octanol–water partition coefficient (Wildman–Crippen LogP) is 5.02. The van der Waals surface area contributed by atoms with Gasteiger partial charge < -0.3 is 10.2 Å². The summed E-state index contributed by atoms with van der Waals surface area (Å²) >= 11 is 5.90. The molecule has 0 heterocycles. The summed E-state index contributed by atoms with van der Waals surface area (Å²) in [5.74, 6) is -1.50. The summed E-state index contributed by atoms with van der Waals surface area (Å²) in [4.78, 5) is 27.7. The number of rotatable bonds is 8. The normalized spacial score (nSPS) is 15.7. The van der Waals surface area contributed by atoms with E-state index in [1.165, 1.54) is 11.0 Å². The van der Waals surface area contributed by atoms with E-state index in [0.29, 0.717) is 6.42 Å². The Labute approximate surface area is 188 Å². The predicted molar refractivity (Wildman–Crippen MR) is 121 cm³/mol. The quantitative estimate of drug-likeness (QED) is 0.459. The summed E-state index contributed by atoms with van der Waals surface area (Å²) in [5, 5.41) is 3.10. The molecule has 0 radical (unpaired) electrons. The number of amides is 2. The number of alkyl halides is 1. The van der Waals surface area contributed by atoms with Crippen LogP contribution in [0.2, 0.25) is 0 Å². The Morgan fingerprint density at radius 1 is 1.00 bits per heavy atom. The Morgan fingerprint density at radius 3 is 2.29 bits per heavy atom. The van der Waals surface area contributed by atoms with Crippen LogP contribution in [0.1, 0.15) is 55.7 Å². The van der Waals surface area contributed by atoms with E-state index in [1.54, 1.807) is 18.2 Å². The van der Waals surface area contributed by atoms with Crippen LogP contribution in [0.25, 0.3) is 0 Å². The van der Waals surface area contributed by atoms with Gasteiger partial charge in [0, 0.05) is 18.2 Å². The lowest BCUT2D eigenvalue weighted by Gasteiger charge is -2.32. The van der Waals surface area contributed by atoms with Crippen LogP contribution >= 0.6 is 11.6 Å². The molecule has 0 saturated heterocycles. The SMILES string of the molecule is O=C(NC1CCCCCC1)[C@H](c1ccccc1F)N(CCc1ccccc1)C(=O)CCl. The Morgan fingerprint density at radius 2 is 1.65 bits per heavy atom. The maximum absolute atomic E-state index is 14.8. The summed E-state index contributed by atoms with van der Waals surface area (Å²) in [7, 11) is 0. The molecule has 0 aliphatic heterocycles. The molecule has 6 heteroatoms. The van der Waals surface area contributed by atoms with Crippen molar-refractivity contribution in [3.8, 4) is 0 Å². The van der Waals surface area contributed by atoms with Gasteiger partial charge in [0.15, 0.2) is 0 Å². The van der Waals surface area contributed by atoms with E-state index in [4.69, 9.17) is 11.6 Å². The molecule has 0 bridgehead atoms. The largest absolute Gasteiger partial charge is 0.351 e. The van der Waals surface area contributed by atoms with E-state index in [2.05, 4.69) is 5.32 Å². The highest BCUT2D eigenvalue weighted by Crippen LogP contribution is 2.26. The molecular weight excluding hydrogens is 415 g/mol. The number of carbonyl (C=O) groups excluding carboxylic acids is 2. The van der Waals surface area contributed by atoms with Crippen LogP contribution in [0.15, 0.2) is 54.6 Å². The average molecular weight is 445 g/mol. The van der Waals surface area contributed by atoms with Crippen LogP contribution in [0.4, 0.5) is 4.39 Å². The van der Waals surface area contributed by atoms with Crippen LogP contribution in [0, 0.1) is 5.82 Å². The van der Waals surface area contributed by atoms with Crippen molar-refractivity contribution in [2.45, 2.75) is 57.0 Å². The number of halogens is 2. The van der Waals surface area contributed by atoms with E-state index >= 15 is 0 Å². The number of hydrogen-bond donors (Lipinski definition) is 1. The molecule has 1 aliphatic carbocycles. The standard InChI is InChI=1S/C25H30ClFN2O2/c26-18-23(30)29(17-16-19-10-4-3-5-11-19)24(21-14-8-9-15-22(21)27)25(31)28-20-12-6-1-2-7-13-20/h3-5,8-11,14-15,20,24H,1-2,6-7,12-13,16-18H2,(H,28,31)/t24-/m0/s1. The van der Waals surface area contributed by atoms with Crippen molar-refractivity contribution in [2.75, 3.05) is 12.4 Å². The van der Waals surface area contributed by atoms with Crippen molar-refractivity contribution >= 4 is 23.4 Å². The van der Waals surface area contributed by atoms with Crippen LogP contribution in [-0.2, 0) is 16.0 Å². The molecule has 0 spiro atoms. The van der Waals surface area contributed by atoms with Gasteiger partial charge >= 0.3 is 0 Å². The molecule has 1 aliphatic rings. The number of nitrogens with zero attached hydrogens (tertiary/aromatic N) is 1. The zero-order valence-corrected chi connectivity index (χ0v) is 18.5. The molecule has 2 amide bonds. The lowest BCUT2D eigenvalue weighted by molar-refractivity contribution is -0.139. The number of carbonyl (C=O) groups is 2. The highest BCUT2D eigenvalue weighted by Gasteiger charge is 2.33. The van der Waals surface area contributed by atoms with Gasteiger partial charge in [0.1, 0.15) is 17.7 Å². The topological polar surface area (TPSA) is 49.4 Å². The molecule has 4 nitrogen and oxygen atoms in total. The maximum Gasteiger partial charge on any atom is 0.247 e. The van der Waals surface area contributed by atoms with Crippen molar-refractivity contribution in [3.63, 3.8) is 0 Å². The Hall–Kier alpha value is -2.40. The highest BCUT2D eigenvalue weighted by atomic mass is 35.5. The summed E-state index contributed by atoms with van der Waals surface area (Å²) in [6.45, 7) is 0.270. The van der Waals surface area contributed by atoms with Gasteiger partial charge in [-0.2, -0.15) is 0 Å². The molecule has 1 N–H and O–H groups in total. The minimum Gasteiger partial charge on any atom is -0.351 e. The summed E-state index contributed by atoms with van der Waals surface area (Å²) < 4.78 is 14.8. The van der Waals surface area contributed by atoms with Gasteiger partial charge in [-0.15, -0.1) is 11.6 Å². The second-order valence-electron chi connectivity index (χ2n) is 8.08. The minimum atomic E-state index is -1.06. The molecule has 0 unspecified atom stereocenters. The number of benzene rings is 2. The fraction of sp³-hybridized carbons (Fsp3) is 0.440. The Balaban J connectivity index is 1.88. The molecule has 2 aromatic rings. The van der Waals surface area contributed by atoms with Crippen LogP contribution in [0.5, 0.6) is 0 Å². The second kappa shape index (κ2) is 11.8. The first-order valence-corrected chi connectivity index (χ1v) is 11.6. The Bertz CT molecular complexity index is 854. The molecule has 1 fully saturated rings. The second-order valence-corrected chi connectivity index (χ2v) is 8.34. The third-order valence-electron chi connectivity index (χ3n) is 5.88. The van der Waals surface area contributed by atoms with Gasteiger partial charge in [0.25, 0.3) is 0 Å². The van der Waals surface area contributed by atoms with Crippen molar-refractivity contribution in [1.82, 2.24) is 10.2 Å². The zero-order chi connectivity index (χ0) is 22.1. The third-order valence-corrected chi connectivity index (χ3v) is 6.11. The van der Waals surface area contributed by atoms with Crippen molar-refractivity contribution < 1.29 is 14.0 Å². The first-order chi connectivity index (χ1) is 15.1. The van der Waals surface area contributed by atoms with Gasteiger partial charge in [-0.3, -0.25) is 9.59 Å². The maximum atomic E-state index is 14.8. The zero-order valence-electron chi connectivity index (χ0n) is 17.7. The summed E-state index contributed by atoms with van der Waals surface area (Å²) in [6, 6.07) is 14.9. The third kappa shape index (κ3) is 6.54. The van der Waals surface area contributed by atoms with Crippen LogP contribution in [-0.4, -0.2) is 35.2 Å². The monoisotopic (exact) mass is 444 g/mol. The first-order valence-electron chi connectivity index (χ1n) is 11.0. The fourth-order valence-corrected chi connectivity index (χ4v) is 4.37. The van der Waals surface area contributed by atoms with E-state index in [-0.39, 0.29) is 35.8 Å². The number of hydrogen-bond acceptors (Lipinski definition) is 2. The molecular formula is C25H30ClFN2O2. The molecule has 31 heavy (non-hydrogen) atoms. The van der Waals surface area contributed by atoms with Crippen molar-refractivity contribution in [2.24, 2.45) is 0 Å². The molecule has 3 rings (SSSR count). The summed E-state index contributed by atoms with van der Waals surface area (Å²) in [5.41, 5.74) is 1.23. The minimum absolute atomic E-state index is 0.0475. The molecule has 0 aromatic heterocycles. The van der Waals surface area contributed by atoms with E-state index in [1.807, 2.05) is 30.3 Å². The number of nitrogens with one attached hydrogen (secondary N) is 1. The van der Waals surface area contributed by atoms with Crippen LogP contribution < -0.4 is 5.32 Å². The fourth-order valence-electron chi connectivity index (χ4n) is 4.22. The molecule has 1 atom stereocenters. The molecule has 166 valence electrons. The first kappa shape index (κ1) is 23.3. The van der Waals surface area contributed by atoms with Gasteiger partial charge in [-0.1, -0.05) is 74.2 Å². The molecule has 2 aromatic carbocycles. The van der Waals surface area contributed by atoms with E-state index in [0.717, 1.165) is 44.1 Å².